The van der Waals surface area contributed by atoms with E-state index in [1.165, 1.54) is 14.1 Å². The largest absolute Gasteiger partial charge is 0.412 e. The molecule has 1 radical (unpaired) electrons. The molecule has 43 valence electrons. The zero-order valence-electron chi connectivity index (χ0n) is 4.25. The van der Waals surface area contributed by atoms with Crippen molar-refractivity contribution in [1.29, 1.82) is 0 Å². The topological polar surface area (TPSA) is 66.1 Å². The first kappa shape index (κ1) is 6.87. The Bertz CT molecular complexity index is 136. The lowest BCUT2D eigenvalue weighted by molar-refractivity contribution is 0.565. The molecule has 0 aromatic heterocycles. The highest BCUT2D eigenvalue weighted by atomic mass is 32.2. The fourth-order valence-corrected chi connectivity index (χ4v) is 0. The zero-order chi connectivity index (χ0) is 6.08. The molecule has 0 aromatic carbocycles. The van der Waals surface area contributed by atoms with Gasteiger partial charge in [-0.05, 0) is 4.31 Å². The van der Waals surface area contributed by atoms with Crippen molar-refractivity contribution in [2.45, 2.75) is 0 Å². The fourth-order valence-electron chi connectivity index (χ4n) is 0. The number of hydrogen-bond acceptors (Lipinski definition) is 2. The van der Waals surface area contributed by atoms with Gasteiger partial charge in [0.1, 0.15) is 14.1 Å². The molecule has 4 nitrogen and oxygen atoms in total. The van der Waals surface area contributed by atoms with Gasteiger partial charge in [-0.25, -0.2) is 0 Å². The summed E-state index contributed by atoms with van der Waals surface area (Å²) in [6.07, 6.45) is 0. The Balaban J connectivity index is 4.10. The van der Waals surface area contributed by atoms with Crippen molar-refractivity contribution in [3.05, 3.63) is 0 Å². The van der Waals surface area contributed by atoms with Gasteiger partial charge in [-0.1, -0.05) is 0 Å². The Morgan fingerprint density at radius 1 is 1.43 bits per heavy atom. The maximum Gasteiger partial charge on any atom is 0.412 e. The van der Waals surface area contributed by atoms with Crippen LogP contribution in [0.2, 0.25) is 0 Å². The van der Waals surface area contributed by atoms with Crippen LogP contribution in [0.3, 0.4) is 0 Å². The van der Waals surface area contributed by atoms with Crippen LogP contribution in [0, 0.1) is 0 Å². The molecule has 0 aliphatic carbocycles. The lowest BCUT2D eigenvalue weighted by atomic mass is 11.3. The summed E-state index contributed by atoms with van der Waals surface area (Å²) in [5.74, 6) is 0. The smallest absolute Gasteiger partial charge is 0.178 e. The van der Waals surface area contributed by atoms with E-state index in [0.717, 1.165) is 4.31 Å². The maximum atomic E-state index is 10.0. The lowest BCUT2D eigenvalue weighted by Gasteiger charge is -1.90. The van der Waals surface area contributed by atoms with Gasteiger partial charge in [-0.3, -0.25) is 0 Å². The standard InChI is InChI=1S/C2H8N2O2S/c1-4(2)7(3,5)6/h1-2H3,(H2,3,5,6)/q+1. The lowest BCUT2D eigenvalue weighted by Crippen LogP contribution is -2.34. The van der Waals surface area contributed by atoms with E-state index >= 15 is 0 Å². The Labute approximate surface area is 43.1 Å². The van der Waals surface area contributed by atoms with Crippen molar-refractivity contribution < 1.29 is 8.42 Å². The predicted octanol–water partition coefficient (Wildman–Crippen LogP) is -1.41. The highest BCUT2D eigenvalue weighted by Gasteiger charge is 2.13. The molecule has 7 heavy (non-hydrogen) atoms. The quantitative estimate of drug-likeness (QED) is 0.436. The van der Waals surface area contributed by atoms with Crippen LogP contribution in [0.25, 0.3) is 0 Å². The third kappa shape index (κ3) is 2.55. The van der Waals surface area contributed by atoms with Gasteiger partial charge in [0.2, 0.25) is 0 Å². The van der Waals surface area contributed by atoms with E-state index in [1.54, 1.807) is 0 Å². The van der Waals surface area contributed by atoms with Gasteiger partial charge >= 0.3 is 10.2 Å². The molecule has 5 heteroatoms. The maximum absolute atomic E-state index is 10.0. The minimum atomic E-state index is -3.41. The molecule has 0 heterocycles. The van der Waals surface area contributed by atoms with E-state index in [-0.39, 0.29) is 0 Å². The van der Waals surface area contributed by atoms with Crippen molar-refractivity contribution in [1.82, 2.24) is 4.31 Å². The van der Waals surface area contributed by atoms with Crippen LogP contribution >= 0.6 is 0 Å². The van der Waals surface area contributed by atoms with E-state index in [4.69, 9.17) is 0 Å². The first-order chi connectivity index (χ1) is 2.94. The number of rotatable bonds is 1. The molecule has 0 saturated carbocycles. The SMILES string of the molecule is C[N+](C)S(N)(=O)=O. The second kappa shape index (κ2) is 1.77. The van der Waals surface area contributed by atoms with Crippen molar-refractivity contribution in [3.8, 4) is 0 Å². The van der Waals surface area contributed by atoms with Gasteiger partial charge in [-0.15, -0.1) is 0 Å². The highest BCUT2D eigenvalue weighted by Crippen LogP contribution is 1.72. The zero-order valence-corrected chi connectivity index (χ0v) is 5.07. The molecule has 0 aliphatic rings. The van der Waals surface area contributed by atoms with Crippen LogP contribution in [0.15, 0.2) is 0 Å². The summed E-state index contributed by atoms with van der Waals surface area (Å²) in [4.78, 5) is 0. The van der Waals surface area contributed by atoms with Crippen LogP contribution in [0.1, 0.15) is 0 Å². The van der Waals surface area contributed by atoms with Crippen LogP contribution in [-0.4, -0.2) is 22.5 Å². The van der Waals surface area contributed by atoms with Crippen LogP contribution in [-0.2, 0) is 10.2 Å². The summed E-state index contributed by atoms with van der Waals surface area (Å²) >= 11 is 0. The van der Waals surface area contributed by atoms with Gasteiger partial charge in [0.15, 0.2) is 0 Å². The molecular weight excluding hydrogens is 116 g/mol. The number of nitrogens with two attached hydrogens (primary N) is 1. The Hall–Kier alpha value is -0.130. The Kier molecular flexibility index (Phi) is 1.74. The second-order valence-electron chi connectivity index (χ2n) is 1.33. The molecule has 0 saturated heterocycles. The number of nitrogens with zero attached hydrogens (tertiary/aromatic N) is 1. The summed E-state index contributed by atoms with van der Waals surface area (Å²) in [6.45, 7) is 0. The van der Waals surface area contributed by atoms with E-state index in [2.05, 4.69) is 5.14 Å². The fraction of sp³-hybridized carbons (Fsp3) is 1.00. The molecule has 2 N–H and O–H groups in total. The summed E-state index contributed by atoms with van der Waals surface area (Å²) in [7, 11) is -0.667. The van der Waals surface area contributed by atoms with Gasteiger partial charge < -0.3 is 0 Å². The Morgan fingerprint density at radius 3 is 1.57 bits per heavy atom. The summed E-state index contributed by atoms with van der Waals surface area (Å²) in [5.41, 5.74) is 0. The van der Waals surface area contributed by atoms with Gasteiger partial charge in [0, 0.05) is 0 Å². The van der Waals surface area contributed by atoms with Crippen LogP contribution in [0.5, 0.6) is 0 Å². The van der Waals surface area contributed by atoms with Crippen molar-refractivity contribution >= 4 is 10.2 Å². The van der Waals surface area contributed by atoms with Crippen LogP contribution < -0.4 is 9.44 Å². The average Bonchev–Trinajstić information content (AvgIpc) is 1.31. The predicted molar refractivity (Wildman–Crippen MR) is 27.1 cm³/mol. The van der Waals surface area contributed by atoms with E-state index < -0.39 is 10.2 Å². The highest BCUT2D eigenvalue weighted by molar-refractivity contribution is 7.87. The molecule has 0 aliphatic heterocycles. The molecular formula is C2H8N2O2S+. The molecule has 0 bridgehead atoms. The molecule has 0 rings (SSSR count). The van der Waals surface area contributed by atoms with E-state index in [9.17, 15) is 8.42 Å². The summed E-state index contributed by atoms with van der Waals surface area (Å²) < 4.78 is 21.0. The first-order valence-corrected chi connectivity index (χ1v) is 3.15. The molecule has 0 aromatic rings. The minimum absolute atomic E-state index is 0.938. The van der Waals surface area contributed by atoms with E-state index in [1.807, 2.05) is 0 Å². The molecule has 0 atom stereocenters. The second-order valence-corrected chi connectivity index (χ2v) is 3.09. The normalized spacial score (nSPS) is 12.6. The summed E-state index contributed by atoms with van der Waals surface area (Å²) in [5, 5.41) is 4.58. The van der Waals surface area contributed by atoms with Crippen molar-refractivity contribution in [2.24, 2.45) is 5.14 Å². The van der Waals surface area contributed by atoms with Crippen LogP contribution in [0.4, 0.5) is 0 Å². The third-order valence-corrected chi connectivity index (χ3v) is 1.53. The first-order valence-electron chi connectivity index (χ1n) is 1.65. The molecule has 0 unspecified atom stereocenters. The summed E-state index contributed by atoms with van der Waals surface area (Å²) in [6, 6.07) is 0. The minimum Gasteiger partial charge on any atom is -0.178 e. The van der Waals surface area contributed by atoms with E-state index in [0.29, 0.717) is 0 Å². The Morgan fingerprint density at radius 2 is 1.57 bits per heavy atom. The van der Waals surface area contributed by atoms with Crippen molar-refractivity contribution in [2.75, 3.05) is 14.1 Å². The molecule has 0 spiro atoms. The molecule has 0 fully saturated rings. The monoisotopic (exact) mass is 124 g/mol. The number of hydrogen-bond donors (Lipinski definition) is 1. The van der Waals surface area contributed by atoms with Gasteiger partial charge in [0.05, 0.1) is 0 Å². The van der Waals surface area contributed by atoms with Gasteiger partial charge in [-0.2, -0.15) is 13.6 Å². The van der Waals surface area contributed by atoms with Crippen molar-refractivity contribution in [3.63, 3.8) is 0 Å². The van der Waals surface area contributed by atoms with Gasteiger partial charge in [0.25, 0.3) is 0 Å². The third-order valence-electron chi connectivity index (χ3n) is 0.509. The average molecular weight is 124 g/mol. The molecule has 0 amide bonds.